The Morgan fingerprint density at radius 2 is 1.67 bits per heavy atom. The third-order valence-electron chi connectivity index (χ3n) is 3.52. The molecule has 0 amide bonds. The molecule has 3 aromatic rings. The molecule has 3 heteroatoms. The van der Waals surface area contributed by atoms with Gasteiger partial charge in [0.05, 0.1) is 0 Å². The highest BCUT2D eigenvalue weighted by atomic mass is 15.1. The van der Waals surface area contributed by atoms with E-state index >= 15 is 0 Å². The second kappa shape index (κ2) is 5.44. The summed E-state index contributed by atoms with van der Waals surface area (Å²) in [5.41, 5.74) is 11.5. The van der Waals surface area contributed by atoms with Crippen LogP contribution in [0, 0.1) is 13.8 Å². The van der Waals surface area contributed by atoms with Crippen LogP contribution in [0.3, 0.4) is 0 Å². The summed E-state index contributed by atoms with van der Waals surface area (Å²) < 4.78 is 2.17. The number of aromatic nitrogens is 2. The lowest BCUT2D eigenvalue weighted by Crippen LogP contribution is -2.02. The van der Waals surface area contributed by atoms with Gasteiger partial charge in [0.25, 0.3) is 0 Å². The molecule has 1 aromatic heterocycles. The smallest absolute Gasteiger partial charge is 0.140 e. The predicted molar refractivity (Wildman–Crippen MR) is 87.1 cm³/mol. The predicted octanol–water partition coefficient (Wildman–Crippen LogP) is 3.80. The molecule has 0 aliphatic rings. The molecule has 3 rings (SSSR count). The third kappa shape index (κ3) is 2.97. The summed E-state index contributed by atoms with van der Waals surface area (Å²) in [6.07, 6.45) is 3.86. The minimum Gasteiger partial charge on any atom is -0.399 e. The Bertz CT molecular complexity index is 734. The number of nitrogens with zero attached hydrogens (tertiary/aromatic N) is 2. The largest absolute Gasteiger partial charge is 0.399 e. The van der Waals surface area contributed by atoms with E-state index in [0.717, 1.165) is 23.6 Å². The number of anilines is 1. The molecule has 0 atom stereocenters. The minimum atomic E-state index is 0.770. The molecule has 0 unspecified atom stereocenters. The Labute approximate surface area is 125 Å². The van der Waals surface area contributed by atoms with Crippen molar-refractivity contribution in [2.24, 2.45) is 0 Å². The first-order valence-electron chi connectivity index (χ1n) is 7.06. The first-order chi connectivity index (χ1) is 10.1. The second-order valence-corrected chi connectivity index (χ2v) is 5.50. The first kappa shape index (κ1) is 13.4. The Balaban J connectivity index is 1.94. The number of hydrogen-bond acceptors (Lipinski definition) is 2. The summed E-state index contributed by atoms with van der Waals surface area (Å²) in [6.45, 7) is 5.08. The van der Waals surface area contributed by atoms with E-state index in [1.807, 2.05) is 36.7 Å². The maximum absolute atomic E-state index is 5.75. The topological polar surface area (TPSA) is 43.8 Å². The molecule has 0 spiro atoms. The van der Waals surface area contributed by atoms with Crippen molar-refractivity contribution < 1.29 is 0 Å². The molecule has 21 heavy (non-hydrogen) atoms. The van der Waals surface area contributed by atoms with Crippen LogP contribution >= 0.6 is 0 Å². The molecule has 0 aliphatic carbocycles. The average Bonchev–Trinajstić information content (AvgIpc) is 2.86. The van der Waals surface area contributed by atoms with Crippen LogP contribution in [0.25, 0.3) is 11.4 Å². The van der Waals surface area contributed by atoms with E-state index in [1.54, 1.807) is 0 Å². The van der Waals surface area contributed by atoms with E-state index in [9.17, 15) is 0 Å². The van der Waals surface area contributed by atoms with Gasteiger partial charge in [-0.3, -0.25) is 0 Å². The molecule has 0 bridgehead atoms. The molecular formula is C18H19N3. The zero-order chi connectivity index (χ0) is 14.8. The standard InChI is InChI=1S/C18H19N3/c1-13-9-14(2)11-15(10-13)12-21-8-7-20-18(21)16-3-5-17(19)6-4-16/h3-11H,12,19H2,1-2H3. The summed E-state index contributed by atoms with van der Waals surface area (Å²) in [5, 5.41) is 0. The number of benzene rings is 2. The lowest BCUT2D eigenvalue weighted by molar-refractivity contribution is 0.805. The number of nitrogen functional groups attached to an aromatic ring is 1. The van der Waals surface area contributed by atoms with Crippen molar-refractivity contribution in [2.45, 2.75) is 20.4 Å². The monoisotopic (exact) mass is 277 g/mol. The van der Waals surface area contributed by atoms with Crippen molar-refractivity contribution >= 4 is 5.69 Å². The Kier molecular flexibility index (Phi) is 3.48. The van der Waals surface area contributed by atoms with E-state index < -0.39 is 0 Å². The molecule has 0 fully saturated rings. The zero-order valence-electron chi connectivity index (χ0n) is 12.4. The molecule has 0 saturated heterocycles. The van der Waals surface area contributed by atoms with Gasteiger partial charge in [0, 0.05) is 30.2 Å². The molecule has 2 N–H and O–H groups in total. The van der Waals surface area contributed by atoms with Crippen molar-refractivity contribution in [1.29, 1.82) is 0 Å². The second-order valence-electron chi connectivity index (χ2n) is 5.50. The van der Waals surface area contributed by atoms with Gasteiger partial charge in [0.2, 0.25) is 0 Å². The SMILES string of the molecule is Cc1cc(C)cc(Cn2ccnc2-c2ccc(N)cc2)c1. The normalized spacial score (nSPS) is 10.8. The van der Waals surface area contributed by atoms with Crippen molar-refractivity contribution in [3.05, 3.63) is 71.5 Å². The van der Waals surface area contributed by atoms with Gasteiger partial charge in [-0.25, -0.2) is 4.98 Å². The van der Waals surface area contributed by atoms with E-state index in [0.29, 0.717) is 0 Å². The zero-order valence-corrected chi connectivity index (χ0v) is 12.4. The Hall–Kier alpha value is -2.55. The van der Waals surface area contributed by atoms with Crippen LogP contribution in [0.5, 0.6) is 0 Å². The van der Waals surface area contributed by atoms with Gasteiger partial charge >= 0.3 is 0 Å². The van der Waals surface area contributed by atoms with E-state index in [1.165, 1.54) is 16.7 Å². The number of hydrogen-bond donors (Lipinski definition) is 1. The van der Waals surface area contributed by atoms with Crippen LogP contribution in [0.2, 0.25) is 0 Å². The number of nitrogens with two attached hydrogens (primary N) is 1. The van der Waals surface area contributed by atoms with Crippen LogP contribution in [-0.2, 0) is 6.54 Å². The van der Waals surface area contributed by atoms with Crippen LogP contribution < -0.4 is 5.73 Å². The van der Waals surface area contributed by atoms with Crippen LogP contribution in [0.1, 0.15) is 16.7 Å². The fraction of sp³-hybridized carbons (Fsp3) is 0.167. The highest BCUT2D eigenvalue weighted by Crippen LogP contribution is 2.20. The summed E-state index contributed by atoms with van der Waals surface area (Å²) in [4.78, 5) is 4.48. The fourth-order valence-corrected chi connectivity index (χ4v) is 2.69. The van der Waals surface area contributed by atoms with Gasteiger partial charge in [-0.1, -0.05) is 29.3 Å². The lowest BCUT2D eigenvalue weighted by atomic mass is 10.1. The molecule has 1 heterocycles. The van der Waals surface area contributed by atoms with Gasteiger partial charge in [-0.05, 0) is 43.7 Å². The fourth-order valence-electron chi connectivity index (χ4n) is 2.69. The van der Waals surface area contributed by atoms with Crippen LogP contribution in [0.4, 0.5) is 5.69 Å². The van der Waals surface area contributed by atoms with Crippen molar-refractivity contribution in [3.63, 3.8) is 0 Å². The molecular weight excluding hydrogens is 258 g/mol. The highest BCUT2D eigenvalue weighted by molar-refractivity contribution is 5.59. The van der Waals surface area contributed by atoms with Gasteiger partial charge in [0.15, 0.2) is 0 Å². The summed E-state index contributed by atoms with van der Waals surface area (Å²) >= 11 is 0. The summed E-state index contributed by atoms with van der Waals surface area (Å²) in [7, 11) is 0. The van der Waals surface area contributed by atoms with Crippen LogP contribution in [-0.4, -0.2) is 9.55 Å². The minimum absolute atomic E-state index is 0.770. The molecule has 3 nitrogen and oxygen atoms in total. The Morgan fingerprint density at radius 3 is 2.33 bits per heavy atom. The average molecular weight is 277 g/mol. The molecule has 106 valence electrons. The highest BCUT2D eigenvalue weighted by Gasteiger charge is 2.07. The van der Waals surface area contributed by atoms with Gasteiger partial charge in [0.1, 0.15) is 5.82 Å². The number of imidazole rings is 1. The maximum atomic E-state index is 5.75. The van der Waals surface area contributed by atoms with Gasteiger partial charge in [-0.15, -0.1) is 0 Å². The van der Waals surface area contributed by atoms with E-state index in [4.69, 9.17) is 5.73 Å². The van der Waals surface area contributed by atoms with Crippen molar-refractivity contribution in [1.82, 2.24) is 9.55 Å². The molecule has 0 saturated carbocycles. The summed E-state index contributed by atoms with van der Waals surface area (Å²) in [5.74, 6) is 0.967. The number of rotatable bonds is 3. The van der Waals surface area contributed by atoms with Crippen molar-refractivity contribution in [2.75, 3.05) is 5.73 Å². The number of aryl methyl sites for hydroxylation is 2. The molecule has 0 radical (unpaired) electrons. The van der Waals surface area contributed by atoms with E-state index in [2.05, 4.69) is 41.6 Å². The van der Waals surface area contributed by atoms with Gasteiger partial charge in [-0.2, -0.15) is 0 Å². The first-order valence-corrected chi connectivity index (χ1v) is 7.06. The van der Waals surface area contributed by atoms with E-state index in [-0.39, 0.29) is 0 Å². The van der Waals surface area contributed by atoms with Gasteiger partial charge < -0.3 is 10.3 Å². The third-order valence-corrected chi connectivity index (χ3v) is 3.52. The Morgan fingerprint density at radius 1 is 1.00 bits per heavy atom. The van der Waals surface area contributed by atoms with Crippen LogP contribution in [0.15, 0.2) is 54.9 Å². The summed E-state index contributed by atoms with van der Waals surface area (Å²) in [6, 6.07) is 14.5. The molecule has 2 aromatic carbocycles. The lowest BCUT2D eigenvalue weighted by Gasteiger charge is -2.10. The maximum Gasteiger partial charge on any atom is 0.140 e. The quantitative estimate of drug-likeness (QED) is 0.740. The molecule has 0 aliphatic heterocycles. The van der Waals surface area contributed by atoms with Crippen molar-refractivity contribution in [3.8, 4) is 11.4 Å².